The molecule has 0 radical (unpaired) electrons. The highest BCUT2D eigenvalue weighted by Gasteiger charge is 2.43. The van der Waals surface area contributed by atoms with E-state index in [2.05, 4.69) is 15.1 Å². The first kappa shape index (κ1) is 18.5. The first-order valence-electron chi connectivity index (χ1n) is 9.09. The van der Waals surface area contributed by atoms with Crippen LogP contribution in [0.1, 0.15) is 32.4 Å². The molecule has 3 aromatic rings. The van der Waals surface area contributed by atoms with E-state index in [4.69, 9.17) is 16.0 Å². The Bertz CT molecular complexity index is 1070. The van der Waals surface area contributed by atoms with Crippen molar-refractivity contribution < 1.29 is 14.6 Å². The summed E-state index contributed by atoms with van der Waals surface area (Å²) in [4.78, 5) is 8.16. The predicted octanol–water partition coefficient (Wildman–Crippen LogP) is 4.93. The molecule has 6 nitrogen and oxygen atoms in total. The van der Waals surface area contributed by atoms with Crippen LogP contribution in [-0.2, 0) is 0 Å². The van der Waals surface area contributed by atoms with Crippen molar-refractivity contribution in [3.8, 4) is 11.5 Å². The number of benzene rings is 2. The molecule has 2 atom stereocenters. The Hall–Kier alpha value is -2.82. The zero-order chi connectivity index (χ0) is 19.9. The minimum atomic E-state index is -0.813. The molecule has 4 rings (SSSR count). The Balaban J connectivity index is 1.72. The Morgan fingerprint density at radius 2 is 2.14 bits per heavy atom. The van der Waals surface area contributed by atoms with Crippen LogP contribution >= 0.6 is 11.3 Å². The van der Waals surface area contributed by atoms with Gasteiger partial charge >= 0.3 is 0 Å². The molecule has 1 aromatic heterocycles. The molecule has 7 heteroatoms. The van der Waals surface area contributed by atoms with Crippen LogP contribution in [0.5, 0.6) is 11.5 Å². The third-order valence-electron chi connectivity index (χ3n) is 4.81. The van der Waals surface area contributed by atoms with Gasteiger partial charge in [0.15, 0.2) is 10.8 Å². The van der Waals surface area contributed by atoms with Crippen LogP contribution in [0, 0.1) is 6.57 Å². The summed E-state index contributed by atoms with van der Waals surface area (Å²) in [6, 6.07) is 10.7. The fraction of sp³-hybridized carbons (Fsp3) is 0.333. The fourth-order valence-electron chi connectivity index (χ4n) is 3.37. The van der Waals surface area contributed by atoms with Gasteiger partial charge in [-0.25, -0.2) is 9.83 Å². The van der Waals surface area contributed by atoms with Gasteiger partial charge in [0.05, 0.1) is 29.4 Å². The summed E-state index contributed by atoms with van der Waals surface area (Å²) in [5, 5.41) is 15.0. The minimum absolute atomic E-state index is 0.438. The summed E-state index contributed by atoms with van der Waals surface area (Å²) in [5.41, 5.74) is 1.33. The van der Waals surface area contributed by atoms with Crippen molar-refractivity contribution in [3.05, 3.63) is 53.4 Å². The molecule has 0 bridgehead atoms. The molecule has 2 heterocycles. The molecule has 0 amide bonds. The van der Waals surface area contributed by atoms with E-state index in [1.165, 1.54) is 11.3 Å². The number of thiazole rings is 1. The largest absolute Gasteiger partial charge is 0.494 e. The lowest BCUT2D eigenvalue weighted by Gasteiger charge is -2.42. The van der Waals surface area contributed by atoms with E-state index in [0.717, 1.165) is 21.5 Å². The van der Waals surface area contributed by atoms with Crippen molar-refractivity contribution in [2.45, 2.75) is 38.5 Å². The maximum Gasteiger partial charge on any atom is 0.187 e. The van der Waals surface area contributed by atoms with Crippen molar-refractivity contribution in [2.75, 3.05) is 11.9 Å². The van der Waals surface area contributed by atoms with Crippen molar-refractivity contribution in [1.29, 1.82) is 0 Å². The van der Waals surface area contributed by atoms with Crippen LogP contribution in [0.25, 0.3) is 15.1 Å². The maximum atomic E-state index is 10.9. The van der Waals surface area contributed by atoms with Gasteiger partial charge in [-0.3, -0.25) is 0 Å². The summed E-state index contributed by atoms with van der Waals surface area (Å²) >= 11 is 1.51. The molecule has 0 unspecified atom stereocenters. The summed E-state index contributed by atoms with van der Waals surface area (Å²) in [6.07, 6.45) is -0.813. The Labute approximate surface area is 167 Å². The monoisotopic (exact) mass is 395 g/mol. The van der Waals surface area contributed by atoms with Gasteiger partial charge in [0.2, 0.25) is 0 Å². The van der Waals surface area contributed by atoms with E-state index in [0.29, 0.717) is 23.2 Å². The molecule has 1 aliphatic rings. The van der Waals surface area contributed by atoms with Crippen LogP contribution in [0.3, 0.4) is 0 Å². The highest BCUT2D eigenvalue weighted by atomic mass is 32.1. The Kier molecular flexibility index (Phi) is 4.61. The highest BCUT2D eigenvalue weighted by Crippen LogP contribution is 2.43. The molecule has 2 N–H and O–H groups in total. The van der Waals surface area contributed by atoms with Gasteiger partial charge in [0, 0.05) is 11.6 Å². The maximum absolute atomic E-state index is 10.9. The van der Waals surface area contributed by atoms with Gasteiger partial charge in [-0.05, 0) is 45.0 Å². The molecule has 1 aliphatic heterocycles. The standard InChI is InChI=1S/C21H21N3O3S/c1-5-26-13-7-9-17-15(11-13)23-20(28-17)24-18-14-10-12(22-4)6-8-16(14)27-21(2,3)19(18)25/h6-11,18-19,25H,5H2,1-3H3,(H,23,24)/t18-,19+/m1/s1. The van der Waals surface area contributed by atoms with E-state index >= 15 is 0 Å². The minimum Gasteiger partial charge on any atom is -0.494 e. The molecule has 0 fully saturated rings. The van der Waals surface area contributed by atoms with Gasteiger partial charge in [0.25, 0.3) is 0 Å². The lowest BCUT2D eigenvalue weighted by Crippen LogP contribution is -2.50. The molecule has 0 saturated heterocycles. The second-order valence-corrected chi connectivity index (χ2v) is 8.22. The number of fused-ring (bicyclic) bond motifs is 2. The molecule has 0 saturated carbocycles. The summed E-state index contributed by atoms with van der Waals surface area (Å²) in [6.45, 7) is 13.5. The molecule has 0 spiro atoms. The fourth-order valence-corrected chi connectivity index (χ4v) is 4.26. The first-order valence-corrected chi connectivity index (χ1v) is 9.91. The average Bonchev–Trinajstić information content (AvgIpc) is 3.07. The first-order chi connectivity index (χ1) is 13.4. The molecule has 144 valence electrons. The van der Waals surface area contributed by atoms with Gasteiger partial charge in [0.1, 0.15) is 23.2 Å². The van der Waals surface area contributed by atoms with Crippen molar-refractivity contribution in [3.63, 3.8) is 0 Å². The molecular formula is C21H21N3O3S. The van der Waals surface area contributed by atoms with E-state index in [-0.39, 0.29) is 0 Å². The number of aliphatic hydroxyl groups excluding tert-OH is 1. The number of hydrogen-bond donors (Lipinski definition) is 2. The number of nitrogens with one attached hydrogen (secondary N) is 1. The van der Waals surface area contributed by atoms with Crippen molar-refractivity contribution in [2.24, 2.45) is 0 Å². The topological polar surface area (TPSA) is 68.0 Å². The van der Waals surface area contributed by atoms with E-state index in [1.807, 2.05) is 39.0 Å². The second kappa shape index (κ2) is 6.97. The smallest absolute Gasteiger partial charge is 0.187 e. The molecular weight excluding hydrogens is 374 g/mol. The number of aliphatic hydroxyl groups is 1. The van der Waals surface area contributed by atoms with E-state index < -0.39 is 17.7 Å². The van der Waals surface area contributed by atoms with Crippen molar-refractivity contribution in [1.82, 2.24) is 4.98 Å². The average molecular weight is 395 g/mol. The van der Waals surface area contributed by atoms with Crippen LogP contribution in [0.2, 0.25) is 0 Å². The zero-order valence-corrected chi connectivity index (χ0v) is 16.7. The Morgan fingerprint density at radius 3 is 2.89 bits per heavy atom. The molecule has 28 heavy (non-hydrogen) atoms. The number of nitrogens with zero attached hydrogens (tertiary/aromatic N) is 2. The number of rotatable bonds is 4. The third kappa shape index (κ3) is 3.26. The van der Waals surface area contributed by atoms with Crippen LogP contribution in [-0.4, -0.2) is 28.4 Å². The highest BCUT2D eigenvalue weighted by molar-refractivity contribution is 7.22. The SMILES string of the molecule is [C-]#[N+]c1ccc2c(c1)[C@@H](Nc1nc3cc(OCC)ccc3s1)[C@H](O)C(C)(C)O2. The number of aromatic nitrogens is 1. The van der Waals surface area contributed by atoms with Gasteiger partial charge in [-0.15, -0.1) is 0 Å². The summed E-state index contributed by atoms with van der Waals surface area (Å²) in [5.74, 6) is 1.45. The number of anilines is 1. The summed E-state index contributed by atoms with van der Waals surface area (Å²) in [7, 11) is 0. The van der Waals surface area contributed by atoms with Crippen LogP contribution in [0.15, 0.2) is 36.4 Å². The second-order valence-electron chi connectivity index (χ2n) is 7.19. The third-order valence-corrected chi connectivity index (χ3v) is 5.78. The lowest BCUT2D eigenvalue weighted by molar-refractivity contribution is -0.0532. The van der Waals surface area contributed by atoms with Gasteiger partial charge in [-0.2, -0.15) is 0 Å². The quantitative estimate of drug-likeness (QED) is 0.613. The predicted molar refractivity (Wildman–Crippen MR) is 111 cm³/mol. The number of hydrogen-bond acceptors (Lipinski definition) is 6. The van der Waals surface area contributed by atoms with Crippen LogP contribution < -0.4 is 14.8 Å². The van der Waals surface area contributed by atoms with E-state index in [9.17, 15) is 5.11 Å². The van der Waals surface area contributed by atoms with Crippen molar-refractivity contribution >= 4 is 32.4 Å². The van der Waals surface area contributed by atoms with Gasteiger partial charge in [-0.1, -0.05) is 17.4 Å². The zero-order valence-electron chi connectivity index (χ0n) is 15.9. The van der Waals surface area contributed by atoms with E-state index in [1.54, 1.807) is 18.2 Å². The lowest BCUT2D eigenvalue weighted by atomic mass is 9.86. The molecule has 2 aromatic carbocycles. The number of ether oxygens (including phenoxy) is 2. The van der Waals surface area contributed by atoms with Gasteiger partial charge < -0.3 is 19.9 Å². The summed E-state index contributed by atoms with van der Waals surface area (Å²) < 4.78 is 12.6. The Morgan fingerprint density at radius 1 is 1.32 bits per heavy atom. The molecule has 0 aliphatic carbocycles. The normalized spacial score (nSPS) is 20.1. The van der Waals surface area contributed by atoms with Crippen LogP contribution in [0.4, 0.5) is 10.8 Å².